The Labute approximate surface area is 143 Å². The van der Waals surface area contributed by atoms with E-state index in [1.54, 1.807) is 4.90 Å². The van der Waals surface area contributed by atoms with Crippen LogP contribution in [0.25, 0.3) is 0 Å². The van der Waals surface area contributed by atoms with Crippen LogP contribution in [0.4, 0.5) is 0 Å². The largest absolute Gasteiger partial charge is 0.350 e. The Kier molecular flexibility index (Phi) is 6.13. The molecule has 0 heterocycles. The van der Waals surface area contributed by atoms with Crippen LogP contribution in [0.3, 0.4) is 0 Å². The van der Waals surface area contributed by atoms with Crippen molar-refractivity contribution in [3.05, 3.63) is 71.3 Å². The van der Waals surface area contributed by atoms with E-state index >= 15 is 0 Å². The van der Waals surface area contributed by atoms with Gasteiger partial charge in [0, 0.05) is 13.5 Å². The molecule has 4 nitrogen and oxygen atoms in total. The van der Waals surface area contributed by atoms with Gasteiger partial charge in [-0.1, -0.05) is 54.6 Å². The van der Waals surface area contributed by atoms with Crippen molar-refractivity contribution in [2.75, 3.05) is 6.54 Å². The zero-order chi connectivity index (χ0) is 17.5. The second-order valence-corrected chi connectivity index (χ2v) is 5.94. The van der Waals surface area contributed by atoms with E-state index in [9.17, 15) is 9.59 Å². The van der Waals surface area contributed by atoms with Gasteiger partial charge in [0.2, 0.25) is 11.8 Å². The first-order valence-corrected chi connectivity index (χ1v) is 8.12. The molecular formula is C20H24N2O2. The third kappa shape index (κ3) is 4.69. The average molecular weight is 324 g/mol. The van der Waals surface area contributed by atoms with Gasteiger partial charge < -0.3 is 10.2 Å². The Morgan fingerprint density at radius 1 is 1.04 bits per heavy atom. The van der Waals surface area contributed by atoms with Crippen LogP contribution in [-0.4, -0.2) is 23.3 Å². The molecule has 0 aliphatic rings. The molecule has 2 aromatic carbocycles. The molecule has 1 unspecified atom stereocenters. The van der Waals surface area contributed by atoms with Crippen LogP contribution in [-0.2, 0) is 16.1 Å². The summed E-state index contributed by atoms with van der Waals surface area (Å²) in [6, 6.07) is 17.5. The fourth-order valence-electron chi connectivity index (χ4n) is 2.65. The van der Waals surface area contributed by atoms with Gasteiger partial charge in [-0.3, -0.25) is 9.59 Å². The smallest absolute Gasteiger partial charge is 0.239 e. The van der Waals surface area contributed by atoms with Crippen molar-refractivity contribution in [1.82, 2.24) is 10.2 Å². The highest BCUT2D eigenvalue weighted by atomic mass is 16.2. The molecule has 0 bridgehead atoms. The zero-order valence-corrected chi connectivity index (χ0v) is 14.5. The quantitative estimate of drug-likeness (QED) is 0.887. The lowest BCUT2D eigenvalue weighted by atomic mass is 10.1. The molecule has 24 heavy (non-hydrogen) atoms. The van der Waals surface area contributed by atoms with E-state index in [2.05, 4.69) is 5.32 Å². The first-order chi connectivity index (χ1) is 11.5. The second-order valence-electron chi connectivity index (χ2n) is 5.94. The van der Waals surface area contributed by atoms with Crippen molar-refractivity contribution in [2.45, 2.75) is 33.4 Å². The minimum Gasteiger partial charge on any atom is -0.350 e. The van der Waals surface area contributed by atoms with Crippen molar-refractivity contribution in [2.24, 2.45) is 0 Å². The Morgan fingerprint density at radius 3 is 2.29 bits per heavy atom. The van der Waals surface area contributed by atoms with Gasteiger partial charge in [0.05, 0.1) is 6.04 Å². The number of benzene rings is 2. The van der Waals surface area contributed by atoms with E-state index in [-0.39, 0.29) is 24.4 Å². The SMILES string of the molecule is CC(=O)N(CC(=O)NCc1ccccc1C)C(C)c1ccccc1. The third-order valence-electron chi connectivity index (χ3n) is 4.21. The molecular weight excluding hydrogens is 300 g/mol. The molecule has 0 saturated heterocycles. The summed E-state index contributed by atoms with van der Waals surface area (Å²) in [5, 5.41) is 2.90. The van der Waals surface area contributed by atoms with E-state index < -0.39 is 0 Å². The summed E-state index contributed by atoms with van der Waals surface area (Å²) in [6.45, 7) is 5.97. The van der Waals surface area contributed by atoms with E-state index in [0.717, 1.165) is 16.7 Å². The lowest BCUT2D eigenvalue weighted by Crippen LogP contribution is -2.40. The van der Waals surface area contributed by atoms with Gasteiger partial charge in [-0.05, 0) is 30.5 Å². The topological polar surface area (TPSA) is 49.4 Å². The van der Waals surface area contributed by atoms with Crippen molar-refractivity contribution in [3.63, 3.8) is 0 Å². The van der Waals surface area contributed by atoms with E-state index in [1.807, 2.05) is 68.4 Å². The molecule has 0 aliphatic heterocycles. The first kappa shape index (κ1) is 17.7. The Bertz CT molecular complexity index is 698. The summed E-state index contributed by atoms with van der Waals surface area (Å²) in [4.78, 5) is 25.8. The number of hydrogen-bond acceptors (Lipinski definition) is 2. The van der Waals surface area contributed by atoms with Crippen LogP contribution in [0, 0.1) is 6.92 Å². The van der Waals surface area contributed by atoms with Gasteiger partial charge in [-0.15, -0.1) is 0 Å². The van der Waals surface area contributed by atoms with E-state index in [0.29, 0.717) is 6.54 Å². The highest BCUT2D eigenvalue weighted by molar-refractivity contribution is 5.84. The Hall–Kier alpha value is -2.62. The molecule has 1 N–H and O–H groups in total. The fraction of sp³-hybridized carbons (Fsp3) is 0.300. The number of nitrogens with zero attached hydrogens (tertiary/aromatic N) is 1. The maximum atomic E-state index is 12.3. The van der Waals surface area contributed by atoms with E-state index in [4.69, 9.17) is 0 Å². The van der Waals surface area contributed by atoms with Crippen LogP contribution >= 0.6 is 0 Å². The molecule has 0 saturated carbocycles. The third-order valence-corrected chi connectivity index (χ3v) is 4.21. The molecule has 0 aliphatic carbocycles. The summed E-state index contributed by atoms with van der Waals surface area (Å²) >= 11 is 0. The molecule has 2 rings (SSSR count). The van der Waals surface area contributed by atoms with Crippen LogP contribution in [0.2, 0.25) is 0 Å². The maximum Gasteiger partial charge on any atom is 0.239 e. The molecule has 1 atom stereocenters. The Balaban J connectivity index is 1.99. The maximum absolute atomic E-state index is 12.3. The highest BCUT2D eigenvalue weighted by Gasteiger charge is 2.21. The number of carbonyl (C=O) groups excluding carboxylic acids is 2. The van der Waals surface area contributed by atoms with Crippen molar-refractivity contribution < 1.29 is 9.59 Å². The summed E-state index contributed by atoms with van der Waals surface area (Å²) in [7, 11) is 0. The van der Waals surface area contributed by atoms with Crippen LogP contribution in [0.1, 0.15) is 36.6 Å². The van der Waals surface area contributed by atoms with Gasteiger partial charge in [-0.2, -0.15) is 0 Å². The van der Waals surface area contributed by atoms with Crippen molar-refractivity contribution in [3.8, 4) is 0 Å². The predicted molar refractivity (Wildman–Crippen MR) is 95.3 cm³/mol. The molecule has 0 radical (unpaired) electrons. The molecule has 2 aromatic rings. The fourth-order valence-corrected chi connectivity index (χ4v) is 2.65. The summed E-state index contributed by atoms with van der Waals surface area (Å²) in [5.74, 6) is -0.270. The van der Waals surface area contributed by atoms with E-state index in [1.165, 1.54) is 6.92 Å². The molecule has 4 heteroatoms. The molecule has 0 fully saturated rings. The minimum atomic E-state index is -0.156. The standard InChI is InChI=1S/C20H24N2O2/c1-15-9-7-8-12-19(15)13-21-20(24)14-22(17(3)23)16(2)18-10-5-4-6-11-18/h4-12,16H,13-14H2,1-3H3,(H,21,24). The normalized spacial score (nSPS) is 11.6. The minimum absolute atomic E-state index is 0.0529. The van der Waals surface area contributed by atoms with Gasteiger partial charge in [0.15, 0.2) is 0 Å². The van der Waals surface area contributed by atoms with Gasteiger partial charge >= 0.3 is 0 Å². The lowest BCUT2D eigenvalue weighted by Gasteiger charge is -2.28. The number of amides is 2. The van der Waals surface area contributed by atoms with Crippen LogP contribution < -0.4 is 5.32 Å². The number of aryl methyl sites for hydroxylation is 1. The summed E-state index contributed by atoms with van der Waals surface area (Å²) in [5.41, 5.74) is 3.23. The van der Waals surface area contributed by atoms with Gasteiger partial charge in [0.1, 0.15) is 6.54 Å². The Morgan fingerprint density at radius 2 is 1.67 bits per heavy atom. The number of carbonyl (C=O) groups is 2. The van der Waals surface area contributed by atoms with Gasteiger partial charge in [-0.25, -0.2) is 0 Å². The van der Waals surface area contributed by atoms with Crippen molar-refractivity contribution >= 4 is 11.8 Å². The molecule has 126 valence electrons. The molecule has 0 spiro atoms. The molecule has 0 aromatic heterocycles. The van der Waals surface area contributed by atoms with Crippen molar-refractivity contribution in [1.29, 1.82) is 0 Å². The lowest BCUT2D eigenvalue weighted by molar-refractivity contribution is -0.136. The van der Waals surface area contributed by atoms with Crippen LogP contribution in [0.5, 0.6) is 0 Å². The average Bonchev–Trinajstić information content (AvgIpc) is 2.59. The van der Waals surface area contributed by atoms with Gasteiger partial charge in [0.25, 0.3) is 0 Å². The predicted octanol–water partition coefficient (Wildman–Crippen LogP) is 3.22. The summed E-state index contributed by atoms with van der Waals surface area (Å²) in [6.07, 6.45) is 0. The number of rotatable bonds is 6. The summed E-state index contributed by atoms with van der Waals surface area (Å²) < 4.78 is 0. The molecule has 2 amide bonds. The number of hydrogen-bond donors (Lipinski definition) is 1. The second kappa shape index (κ2) is 8.29. The van der Waals surface area contributed by atoms with Crippen LogP contribution in [0.15, 0.2) is 54.6 Å². The number of nitrogens with one attached hydrogen (secondary N) is 1. The monoisotopic (exact) mass is 324 g/mol. The highest BCUT2D eigenvalue weighted by Crippen LogP contribution is 2.19. The zero-order valence-electron chi connectivity index (χ0n) is 14.5. The first-order valence-electron chi connectivity index (χ1n) is 8.12.